The number of amides is 1. The molecule has 1 aromatic rings. The molecule has 3 rings (SSSR count). The minimum atomic E-state index is -0.0607. The molecule has 20 heavy (non-hydrogen) atoms. The maximum Gasteiger partial charge on any atom is 0.264 e. The highest BCUT2D eigenvalue weighted by Gasteiger charge is 2.26. The molecule has 2 N–H and O–H groups in total. The first kappa shape index (κ1) is 15.1. The van der Waals surface area contributed by atoms with Crippen LogP contribution >= 0.6 is 32.9 Å². The number of carbonyl (C=O) groups excluding carboxylic acids is 1. The number of aliphatic imine (C=N–C) groups is 1. The van der Waals surface area contributed by atoms with Gasteiger partial charge in [-0.05, 0) is 22.0 Å². The molecule has 0 fully saturated rings. The average Bonchev–Trinajstić information content (AvgIpc) is 2.80. The van der Waals surface area contributed by atoms with Crippen LogP contribution in [0.15, 0.2) is 21.6 Å². The van der Waals surface area contributed by atoms with Crippen molar-refractivity contribution in [3.05, 3.63) is 16.6 Å². The first-order valence-electron chi connectivity index (χ1n) is 5.88. The van der Waals surface area contributed by atoms with E-state index in [4.69, 9.17) is 10.5 Å². The van der Waals surface area contributed by atoms with Gasteiger partial charge >= 0.3 is 0 Å². The largest absolute Gasteiger partial charge is 0.481 e. The highest BCUT2D eigenvalue weighted by atomic mass is 79.9. The molecular weight excluding hydrogens is 392 g/mol. The first-order chi connectivity index (χ1) is 9.08. The summed E-state index contributed by atoms with van der Waals surface area (Å²) in [6.45, 7) is 1.50. The van der Waals surface area contributed by atoms with Gasteiger partial charge in [0.2, 0.25) is 0 Å². The number of guanidine groups is 1. The maximum atomic E-state index is 11.6. The summed E-state index contributed by atoms with van der Waals surface area (Å²) in [7, 11) is 1.74. The number of hydrogen-bond donors (Lipinski definition) is 1. The van der Waals surface area contributed by atoms with Crippen LogP contribution in [0.3, 0.4) is 0 Å². The summed E-state index contributed by atoms with van der Waals surface area (Å²) in [6.07, 6.45) is 0. The van der Waals surface area contributed by atoms with Crippen molar-refractivity contribution in [1.82, 2.24) is 0 Å². The van der Waals surface area contributed by atoms with Gasteiger partial charge in [-0.15, -0.1) is 17.0 Å². The molecule has 0 spiro atoms. The predicted molar refractivity (Wildman–Crippen MR) is 87.2 cm³/mol. The van der Waals surface area contributed by atoms with E-state index in [1.165, 1.54) is 0 Å². The number of hydrogen-bond acceptors (Lipinski definition) is 5. The molecular formula is C12H14Br2N4O2. The smallest absolute Gasteiger partial charge is 0.264 e. The molecule has 2 aliphatic rings. The molecule has 0 bridgehead atoms. The minimum absolute atomic E-state index is 0. The Morgan fingerprint density at radius 1 is 1.40 bits per heavy atom. The van der Waals surface area contributed by atoms with Gasteiger partial charge in [0.25, 0.3) is 5.91 Å². The lowest BCUT2D eigenvalue weighted by Gasteiger charge is -2.28. The Labute approximate surface area is 135 Å². The SMILES string of the molecule is Br.CN1C(=O)COc2cc(N3CCN=C3N)c(Br)cc21. The van der Waals surface area contributed by atoms with Gasteiger partial charge in [-0.1, -0.05) is 0 Å². The highest BCUT2D eigenvalue weighted by molar-refractivity contribution is 9.10. The lowest BCUT2D eigenvalue weighted by atomic mass is 10.2. The van der Waals surface area contributed by atoms with Crippen LogP contribution in [0.5, 0.6) is 5.75 Å². The molecule has 108 valence electrons. The van der Waals surface area contributed by atoms with E-state index in [0.29, 0.717) is 18.3 Å². The van der Waals surface area contributed by atoms with Crippen molar-refractivity contribution in [3.63, 3.8) is 0 Å². The van der Waals surface area contributed by atoms with E-state index in [1.807, 2.05) is 17.0 Å². The number of nitrogens with zero attached hydrogens (tertiary/aromatic N) is 3. The molecule has 0 atom stereocenters. The van der Waals surface area contributed by atoms with E-state index >= 15 is 0 Å². The van der Waals surface area contributed by atoms with Crippen molar-refractivity contribution >= 4 is 56.2 Å². The molecule has 8 heteroatoms. The van der Waals surface area contributed by atoms with Crippen LogP contribution in [0.4, 0.5) is 11.4 Å². The van der Waals surface area contributed by atoms with E-state index in [-0.39, 0.29) is 29.5 Å². The number of halogens is 2. The number of fused-ring (bicyclic) bond motifs is 1. The fraction of sp³-hybridized carbons (Fsp3) is 0.333. The summed E-state index contributed by atoms with van der Waals surface area (Å²) in [6, 6.07) is 3.75. The van der Waals surface area contributed by atoms with Crippen molar-refractivity contribution in [1.29, 1.82) is 0 Å². The van der Waals surface area contributed by atoms with E-state index in [9.17, 15) is 4.79 Å². The van der Waals surface area contributed by atoms with Crippen LogP contribution in [-0.2, 0) is 4.79 Å². The number of carbonyl (C=O) groups is 1. The third-order valence-corrected chi connectivity index (χ3v) is 3.91. The van der Waals surface area contributed by atoms with Crippen molar-refractivity contribution in [3.8, 4) is 5.75 Å². The third kappa shape index (κ3) is 2.37. The zero-order valence-electron chi connectivity index (χ0n) is 10.8. The molecule has 2 aliphatic heterocycles. The minimum Gasteiger partial charge on any atom is -0.481 e. The fourth-order valence-electron chi connectivity index (χ4n) is 2.20. The number of benzene rings is 1. The van der Waals surface area contributed by atoms with Crippen LogP contribution in [0, 0.1) is 0 Å². The lowest BCUT2D eigenvalue weighted by Crippen LogP contribution is -2.36. The topological polar surface area (TPSA) is 71.2 Å². The Bertz CT molecular complexity index is 591. The lowest BCUT2D eigenvalue weighted by molar-refractivity contribution is -0.120. The number of anilines is 2. The van der Waals surface area contributed by atoms with Gasteiger partial charge < -0.3 is 20.3 Å². The fourth-order valence-corrected chi connectivity index (χ4v) is 2.74. The normalized spacial score (nSPS) is 17.3. The molecule has 0 aliphatic carbocycles. The van der Waals surface area contributed by atoms with Gasteiger partial charge in [-0.25, -0.2) is 0 Å². The molecule has 0 saturated heterocycles. The number of nitrogens with two attached hydrogens (primary N) is 1. The summed E-state index contributed by atoms with van der Waals surface area (Å²) < 4.78 is 6.34. The van der Waals surface area contributed by atoms with E-state index in [0.717, 1.165) is 22.4 Å². The second-order valence-corrected chi connectivity index (χ2v) is 5.26. The summed E-state index contributed by atoms with van der Waals surface area (Å²) in [5.41, 5.74) is 7.51. The Morgan fingerprint density at radius 3 is 2.80 bits per heavy atom. The summed E-state index contributed by atoms with van der Waals surface area (Å²) in [5.74, 6) is 1.12. The number of likely N-dealkylation sites (N-methyl/N-ethyl adjacent to an activating group) is 1. The Kier molecular flexibility index (Phi) is 4.24. The van der Waals surface area contributed by atoms with Crippen LogP contribution < -0.4 is 20.3 Å². The third-order valence-electron chi connectivity index (χ3n) is 3.28. The Hall–Kier alpha value is -1.28. The van der Waals surface area contributed by atoms with Crippen molar-refractivity contribution in [2.45, 2.75) is 0 Å². The summed E-state index contributed by atoms with van der Waals surface area (Å²) in [4.78, 5) is 19.3. The van der Waals surface area contributed by atoms with Gasteiger partial charge in [0.1, 0.15) is 5.75 Å². The number of rotatable bonds is 1. The maximum absolute atomic E-state index is 11.6. The highest BCUT2D eigenvalue weighted by Crippen LogP contribution is 2.40. The van der Waals surface area contributed by atoms with Gasteiger partial charge in [0.05, 0.1) is 17.9 Å². The van der Waals surface area contributed by atoms with E-state index in [2.05, 4.69) is 20.9 Å². The molecule has 6 nitrogen and oxygen atoms in total. The predicted octanol–water partition coefficient (Wildman–Crippen LogP) is 1.52. The van der Waals surface area contributed by atoms with Gasteiger partial charge in [0.15, 0.2) is 12.6 Å². The molecule has 2 heterocycles. The van der Waals surface area contributed by atoms with Crippen LogP contribution in [0.1, 0.15) is 0 Å². The van der Waals surface area contributed by atoms with Crippen molar-refractivity contribution in [2.24, 2.45) is 10.7 Å². The molecule has 0 unspecified atom stereocenters. The second kappa shape index (κ2) is 5.61. The van der Waals surface area contributed by atoms with Crippen LogP contribution in [0.25, 0.3) is 0 Å². The summed E-state index contributed by atoms with van der Waals surface area (Å²) in [5, 5.41) is 0. The molecule has 0 saturated carbocycles. The van der Waals surface area contributed by atoms with Gasteiger partial charge in [0, 0.05) is 24.1 Å². The van der Waals surface area contributed by atoms with Crippen molar-refractivity contribution < 1.29 is 9.53 Å². The first-order valence-corrected chi connectivity index (χ1v) is 6.67. The van der Waals surface area contributed by atoms with Gasteiger partial charge in [-0.2, -0.15) is 0 Å². The van der Waals surface area contributed by atoms with Crippen molar-refractivity contribution in [2.75, 3.05) is 36.5 Å². The van der Waals surface area contributed by atoms with E-state index < -0.39 is 0 Å². The van der Waals surface area contributed by atoms with Crippen LogP contribution in [-0.4, -0.2) is 38.6 Å². The Morgan fingerprint density at radius 2 is 2.15 bits per heavy atom. The van der Waals surface area contributed by atoms with Gasteiger partial charge in [-0.3, -0.25) is 9.79 Å². The average molecular weight is 406 g/mol. The van der Waals surface area contributed by atoms with Crippen LogP contribution in [0.2, 0.25) is 0 Å². The molecule has 1 amide bonds. The summed E-state index contributed by atoms with van der Waals surface area (Å²) >= 11 is 3.51. The zero-order chi connectivity index (χ0) is 13.6. The number of ether oxygens (including phenoxy) is 1. The molecule has 1 aromatic carbocycles. The monoisotopic (exact) mass is 404 g/mol. The quantitative estimate of drug-likeness (QED) is 0.768. The standard InChI is InChI=1S/C12H13BrN4O2.BrH/c1-16-9-4-7(13)8(17-3-2-15-12(17)14)5-10(9)19-6-11(16)18;/h4-5H,2-3,6H2,1H3,(H2,14,15);1H. The molecule has 0 radical (unpaired) electrons. The van der Waals surface area contributed by atoms with E-state index in [1.54, 1.807) is 11.9 Å². The Balaban J connectivity index is 0.00000147. The zero-order valence-corrected chi connectivity index (χ0v) is 14.1. The molecule has 0 aromatic heterocycles. The second-order valence-electron chi connectivity index (χ2n) is 4.40.